The van der Waals surface area contributed by atoms with Gasteiger partial charge in [-0.05, 0) is 30.7 Å². The Labute approximate surface area is 129 Å². The molecule has 4 nitrogen and oxygen atoms in total. The summed E-state index contributed by atoms with van der Waals surface area (Å²) < 4.78 is 10.5. The molecule has 1 aromatic carbocycles. The average Bonchev–Trinajstić information content (AvgIpc) is 2.95. The third-order valence-corrected chi connectivity index (χ3v) is 3.52. The fourth-order valence-electron chi connectivity index (χ4n) is 2.03. The van der Waals surface area contributed by atoms with Gasteiger partial charge in [0, 0.05) is 25.2 Å². The first-order chi connectivity index (χ1) is 10.2. The lowest BCUT2D eigenvalue weighted by Gasteiger charge is -2.20. The molecule has 1 amide bonds. The van der Waals surface area contributed by atoms with Crippen LogP contribution in [-0.2, 0) is 17.9 Å². The zero-order valence-electron chi connectivity index (χ0n) is 12.1. The van der Waals surface area contributed by atoms with Crippen LogP contribution < -0.4 is 0 Å². The van der Waals surface area contributed by atoms with Gasteiger partial charge in [0.1, 0.15) is 12.4 Å². The van der Waals surface area contributed by atoms with E-state index in [0.29, 0.717) is 36.2 Å². The van der Waals surface area contributed by atoms with E-state index in [0.717, 1.165) is 5.56 Å². The number of amides is 1. The minimum atomic E-state index is -0.153. The van der Waals surface area contributed by atoms with Gasteiger partial charge >= 0.3 is 0 Å². The van der Waals surface area contributed by atoms with Crippen LogP contribution in [0.15, 0.2) is 40.8 Å². The molecule has 0 unspecified atom stereocenters. The van der Waals surface area contributed by atoms with E-state index in [1.807, 2.05) is 31.2 Å². The molecule has 0 bridgehead atoms. The monoisotopic (exact) mass is 307 g/mol. The normalized spacial score (nSPS) is 10.6. The van der Waals surface area contributed by atoms with Gasteiger partial charge in [0.25, 0.3) is 5.91 Å². The number of halogens is 1. The van der Waals surface area contributed by atoms with Gasteiger partial charge in [-0.2, -0.15) is 0 Å². The molecular weight excluding hydrogens is 290 g/mol. The van der Waals surface area contributed by atoms with Crippen LogP contribution in [0.2, 0.25) is 5.02 Å². The van der Waals surface area contributed by atoms with Crippen LogP contribution >= 0.6 is 11.6 Å². The summed E-state index contributed by atoms with van der Waals surface area (Å²) in [6, 6.07) is 10.9. The van der Waals surface area contributed by atoms with Crippen LogP contribution in [0, 0.1) is 0 Å². The molecule has 1 heterocycles. The number of benzene rings is 1. The SMILES string of the molecule is CCN(Cc1ccccc1Cl)C(=O)c1ccc(COC)o1. The minimum Gasteiger partial charge on any atom is -0.453 e. The fourth-order valence-corrected chi connectivity index (χ4v) is 2.22. The van der Waals surface area contributed by atoms with Crippen molar-refractivity contribution in [2.75, 3.05) is 13.7 Å². The number of hydrogen-bond donors (Lipinski definition) is 0. The fraction of sp³-hybridized carbons (Fsp3) is 0.312. The molecule has 0 saturated carbocycles. The molecule has 2 rings (SSSR count). The maximum atomic E-state index is 12.5. The molecule has 0 aliphatic rings. The van der Waals surface area contributed by atoms with Crippen LogP contribution in [0.4, 0.5) is 0 Å². The van der Waals surface area contributed by atoms with Crippen molar-refractivity contribution in [2.24, 2.45) is 0 Å². The minimum absolute atomic E-state index is 0.153. The van der Waals surface area contributed by atoms with E-state index in [-0.39, 0.29) is 5.91 Å². The lowest BCUT2D eigenvalue weighted by molar-refractivity contribution is 0.0713. The number of carbonyl (C=O) groups excluding carboxylic acids is 1. The Morgan fingerprint density at radius 1 is 1.29 bits per heavy atom. The zero-order chi connectivity index (χ0) is 15.2. The van der Waals surface area contributed by atoms with Crippen LogP contribution in [-0.4, -0.2) is 24.5 Å². The molecule has 0 spiro atoms. The maximum absolute atomic E-state index is 12.5. The number of furan rings is 1. The summed E-state index contributed by atoms with van der Waals surface area (Å²) in [5.41, 5.74) is 0.915. The van der Waals surface area contributed by atoms with Gasteiger partial charge in [-0.1, -0.05) is 29.8 Å². The Bertz CT molecular complexity index is 609. The quantitative estimate of drug-likeness (QED) is 0.816. The number of ether oxygens (including phenoxy) is 1. The van der Waals surface area contributed by atoms with Gasteiger partial charge in [0.15, 0.2) is 5.76 Å². The van der Waals surface area contributed by atoms with E-state index >= 15 is 0 Å². The van der Waals surface area contributed by atoms with E-state index in [9.17, 15) is 4.79 Å². The molecule has 1 aromatic heterocycles. The van der Waals surface area contributed by atoms with Gasteiger partial charge < -0.3 is 14.1 Å². The smallest absolute Gasteiger partial charge is 0.289 e. The molecule has 0 radical (unpaired) electrons. The van der Waals surface area contributed by atoms with E-state index in [2.05, 4.69) is 0 Å². The lowest BCUT2D eigenvalue weighted by atomic mass is 10.2. The van der Waals surface area contributed by atoms with Crippen molar-refractivity contribution in [3.8, 4) is 0 Å². The Morgan fingerprint density at radius 3 is 2.71 bits per heavy atom. The Kier molecular flexibility index (Phi) is 5.42. The van der Waals surface area contributed by atoms with Crippen LogP contribution in [0.25, 0.3) is 0 Å². The third kappa shape index (κ3) is 3.86. The van der Waals surface area contributed by atoms with E-state index in [1.54, 1.807) is 24.1 Å². The largest absolute Gasteiger partial charge is 0.453 e. The second kappa shape index (κ2) is 7.29. The van der Waals surface area contributed by atoms with E-state index in [4.69, 9.17) is 20.8 Å². The number of methoxy groups -OCH3 is 1. The summed E-state index contributed by atoms with van der Waals surface area (Å²) >= 11 is 6.14. The van der Waals surface area contributed by atoms with Crippen LogP contribution in [0.3, 0.4) is 0 Å². The average molecular weight is 308 g/mol. The molecule has 0 saturated heterocycles. The predicted molar refractivity (Wildman–Crippen MR) is 81.3 cm³/mol. The van der Waals surface area contributed by atoms with Crippen molar-refractivity contribution in [1.29, 1.82) is 0 Å². The number of nitrogens with zero attached hydrogens (tertiary/aromatic N) is 1. The van der Waals surface area contributed by atoms with Gasteiger partial charge in [0.05, 0.1) is 0 Å². The van der Waals surface area contributed by atoms with E-state index in [1.165, 1.54) is 0 Å². The topological polar surface area (TPSA) is 42.7 Å². The highest BCUT2D eigenvalue weighted by Gasteiger charge is 2.19. The molecule has 0 atom stereocenters. The molecule has 0 N–H and O–H groups in total. The first-order valence-corrected chi connectivity index (χ1v) is 7.13. The maximum Gasteiger partial charge on any atom is 0.289 e. The molecular formula is C16H18ClNO3. The van der Waals surface area contributed by atoms with Crippen molar-refractivity contribution in [1.82, 2.24) is 4.90 Å². The van der Waals surface area contributed by atoms with Crippen molar-refractivity contribution >= 4 is 17.5 Å². The number of hydrogen-bond acceptors (Lipinski definition) is 3. The highest BCUT2D eigenvalue weighted by Crippen LogP contribution is 2.19. The van der Waals surface area contributed by atoms with Crippen molar-refractivity contribution < 1.29 is 13.9 Å². The van der Waals surface area contributed by atoms with Gasteiger partial charge in [-0.25, -0.2) is 0 Å². The molecule has 0 aliphatic carbocycles. The summed E-state index contributed by atoms with van der Waals surface area (Å²) in [5.74, 6) is 0.797. The second-order valence-electron chi connectivity index (χ2n) is 4.61. The Hall–Kier alpha value is -1.78. The Balaban J connectivity index is 2.12. The third-order valence-electron chi connectivity index (χ3n) is 3.15. The molecule has 21 heavy (non-hydrogen) atoms. The van der Waals surface area contributed by atoms with Gasteiger partial charge in [-0.15, -0.1) is 0 Å². The second-order valence-corrected chi connectivity index (χ2v) is 5.02. The first kappa shape index (κ1) is 15.6. The highest BCUT2D eigenvalue weighted by molar-refractivity contribution is 6.31. The lowest BCUT2D eigenvalue weighted by Crippen LogP contribution is -2.30. The molecule has 5 heteroatoms. The predicted octanol–water partition coefficient (Wildman–Crippen LogP) is 3.74. The number of carbonyl (C=O) groups is 1. The molecule has 0 aliphatic heterocycles. The Morgan fingerprint density at radius 2 is 2.05 bits per heavy atom. The number of rotatable bonds is 6. The van der Waals surface area contributed by atoms with Crippen molar-refractivity contribution in [3.05, 3.63) is 58.5 Å². The first-order valence-electron chi connectivity index (χ1n) is 6.76. The highest BCUT2D eigenvalue weighted by atomic mass is 35.5. The summed E-state index contributed by atoms with van der Waals surface area (Å²) in [5, 5.41) is 0.656. The summed E-state index contributed by atoms with van der Waals surface area (Å²) in [6.07, 6.45) is 0. The van der Waals surface area contributed by atoms with Gasteiger partial charge in [-0.3, -0.25) is 4.79 Å². The van der Waals surface area contributed by atoms with Crippen molar-refractivity contribution in [2.45, 2.75) is 20.1 Å². The van der Waals surface area contributed by atoms with Crippen molar-refractivity contribution in [3.63, 3.8) is 0 Å². The summed E-state index contributed by atoms with van der Waals surface area (Å²) in [4.78, 5) is 14.1. The summed E-state index contributed by atoms with van der Waals surface area (Å²) in [6.45, 7) is 3.30. The molecule has 0 fully saturated rings. The molecule has 2 aromatic rings. The standard InChI is InChI=1S/C16H18ClNO3/c1-3-18(10-12-6-4-5-7-14(12)17)16(19)15-9-8-13(21-15)11-20-2/h4-9H,3,10-11H2,1-2H3. The van der Waals surface area contributed by atoms with Crippen LogP contribution in [0.5, 0.6) is 0 Å². The summed E-state index contributed by atoms with van der Waals surface area (Å²) in [7, 11) is 1.58. The molecule has 112 valence electrons. The zero-order valence-corrected chi connectivity index (χ0v) is 12.9. The van der Waals surface area contributed by atoms with Crippen LogP contribution in [0.1, 0.15) is 28.8 Å². The van der Waals surface area contributed by atoms with E-state index < -0.39 is 0 Å². The van der Waals surface area contributed by atoms with Gasteiger partial charge in [0.2, 0.25) is 0 Å².